The SMILES string of the molecule is CCC1N(C)C=CN1Cc1ccccc1. The molecule has 0 bridgehead atoms. The Kier molecular flexibility index (Phi) is 2.95. The quantitative estimate of drug-likeness (QED) is 0.743. The van der Waals surface area contributed by atoms with Gasteiger partial charge in [0.2, 0.25) is 0 Å². The van der Waals surface area contributed by atoms with E-state index in [-0.39, 0.29) is 0 Å². The summed E-state index contributed by atoms with van der Waals surface area (Å²) < 4.78 is 0. The summed E-state index contributed by atoms with van der Waals surface area (Å²) >= 11 is 0. The first-order valence-electron chi connectivity index (χ1n) is 5.51. The number of rotatable bonds is 3. The van der Waals surface area contributed by atoms with Crippen LogP contribution < -0.4 is 0 Å². The lowest BCUT2D eigenvalue weighted by molar-refractivity contribution is 0.165. The lowest BCUT2D eigenvalue weighted by Crippen LogP contribution is -2.35. The molecule has 2 rings (SSSR count). The van der Waals surface area contributed by atoms with Crippen LogP contribution in [0.25, 0.3) is 0 Å². The van der Waals surface area contributed by atoms with Crippen LogP contribution in [-0.2, 0) is 6.54 Å². The van der Waals surface area contributed by atoms with Gasteiger partial charge in [-0.2, -0.15) is 0 Å². The van der Waals surface area contributed by atoms with E-state index in [0.29, 0.717) is 6.17 Å². The molecule has 0 radical (unpaired) electrons. The zero-order chi connectivity index (χ0) is 10.7. The Bertz CT molecular complexity index is 332. The highest BCUT2D eigenvalue weighted by Crippen LogP contribution is 2.19. The summed E-state index contributed by atoms with van der Waals surface area (Å²) in [5, 5.41) is 0. The summed E-state index contributed by atoms with van der Waals surface area (Å²) in [4.78, 5) is 4.65. The fourth-order valence-corrected chi connectivity index (χ4v) is 2.10. The summed E-state index contributed by atoms with van der Waals surface area (Å²) in [7, 11) is 2.13. The van der Waals surface area contributed by atoms with Crippen molar-refractivity contribution < 1.29 is 0 Å². The van der Waals surface area contributed by atoms with Crippen molar-refractivity contribution in [2.45, 2.75) is 26.1 Å². The van der Waals surface area contributed by atoms with E-state index in [4.69, 9.17) is 0 Å². The van der Waals surface area contributed by atoms with Crippen LogP contribution in [-0.4, -0.2) is 23.0 Å². The third-order valence-electron chi connectivity index (χ3n) is 2.92. The van der Waals surface area contributed by atoms with Gasteiger partial charge >= 0.3 is 0 Å². The van der Waals surface area contributed by atoms with Gasteiger partial charge in [0.1, 0.15) is 6.17 Å². The monoisotopic (exact) mass is 202 g/mol. The standard InChI is InChI=1S/C13H18N2/c1-3-13-14(2)9-10-15(13)11-12-7-5-4-6-8-12/h4-10,13H,3,11H2,1-2H3. The minimum Gasteiger partial charge on any atom is -0.359 e. The molecule has 1 unspecified atom stereocenters. The van der Waals surface area contributed by atoms with Crippen molar-refractivity contribution in [1.29, 1.82) is 0 Å². The lowest BCUT2D eigenvalue weighted by Gasteiger charge is -2.29. The second kappa shape index (κ2) is 4.39. The van der Waals surface area contributed by atoms with E-state index in [1.165, 1.54) is 5.56 Å². The van der Waals surface area contributed by atoms with Gasteiger partial charge in [0.15, 0.2) is 0 Å². The fourth-order valence-electron chi connectivity index (χ4n) is 2.10. The van der Waals surface area contributed by atoms with Gasteiger partial charge < -0.3 is 9.80 Å². The molecule has 1 aromatic rings. The number of benzene rings is 1. The van der Waals surface area contributed by atoms with Crippen LogP contribution in [0.5, 0.6) is 0 Å². The largest absolute Gasteiger partial charge is 0.359 e. The van der Waals surface area contributed by atoms with E-state index >= 15 is 0 Å². The Morgan fingerprint density at radius 2 is 1.87 bits per heavy atom. The van der Waals surface area contributed by atoms with Crippen molar-refractivity contribution in [2.24, 2.45) is 0 Å². The molecule has 2 nitrogen and oxygen atoms in total. The topological polar surface area (TPSA) is 6.48 Å². The van der Waals surface area contributed by atoms with Crippen molar-refractivity contribution in [2.75, 3.05) is 7.05 Å². The molecule has 0 aromatic heterocycles. The van der Waals surface area contributed by atoms with Crippen molar-refractivity contribution in [3.63, 3.8) is 0 Å². The van der Waals surface area contributed by atoms with Crippen molar-refractivity contribution in [3.05, 3.63) is 48.3 Å². The molecule has 80 valence electrons. The molecular weight excluding hydrogens is 184 g/mol. The van der Waals surface area contributed by atoms with Gasteiger partial charge in [-0.05, 0) is 12.0 Å². The maximum Gasteiger partial charge on any atom is 0.100 e. The number of hydrogen-bond acceptors (Lipinski definition) is 2. The van der Waals surface area contributed by atoms with Crippen LogP contribution in [0.4, 0.5) is 0 Å². The Labute approximate surface area is 91.8 Å². The third-order valence-corrected chi connectivity index (χ3v) is 2.92. The van der Waals surface area contributed by atoms with E-state index < -0.39 is 0 Å². The van der Waals surface area contributed by atoms with Gasteiger partial charge in [0, 0.05) is 26.0 Å². The maximum absolute atomic E-state index is 2.38. The van der Waals surface area contributed by atoms with Crippen LogP contribution in [0.1, 0.15) is 18.9 Å². The van der Waals surface area contributed by atoms with Gasteiger partial charge in [-0.15, -0.1) is 0 Å². The van der Waals surface area contributed by atoms with Crippen LogP contribution >= 0.6 is 0 Å². The highest BCUT2D eigenvalue weighted by molar-refractivity contribution is 5.15. The lowest BCUT2D eigenvalue weighted by atomic mass is 10.2. The molecule has 0 N–H and O–H groups in total. The van der Waals surface area contributed by atoms with E-state index in [2.05, 4.69) is 66.5 Å². The smallest absolute Gasteiger partial charge is 0.100 e. The molecule has 0 spiro atoms. The maximum atomic E-state index is 2.38. The summed E-state index contributed by atoms with van der Waals surface area (Å²) in [5.74, 6) is 0. The van der Waals surface area contributed by atoms with E-state index in [0.717, 1.165) is 13.0 Å². The van der Waals surface area contributed by atoms with Crippen LogP contribution in [0.15, 0.2) is 42.7 Å². The summed E-state index contributed by atoms with van der Waals surface area (Å²) in [6.07, 6.45) is 6.00. The van der Waals surface area contributed by atoms with Crippen molar-refractivity contribution in [1.82, 2.24) is 9.80 Å². The minimum atomic E-state index is 0.519. The van der Waals surface area contributed by atoms with Crippen molar-refractivity contribution >= 4 is 0 Å². The molecule has 1 atom stereocenters. The highest BCUT2D eigenvalue weighted by Gasteiger charge is 2.21. The van der Waals surface area contributed by atoms with Crippen molar-refractivity contribution in [3.8, 4) is 0 Å². The zero-order valence-corrected chi connectivity index (χ0v) is 9.43. The van der Waals surface area contributed by atoms with E-state index in [1.807, 2.05) is 0 Å². The first-order valence-corrected chi connectivity index (χ1v) is 5.51. The first kappa shape index (κ1) is 10.1. The van der Waals surface area contributed by atoms with E-state index in [1.54, 1.807) is 0 Å². The van der Waals surface area contributed by atoms with Crippen LogP contribution in [0, 0.1) is 0 Å². The predicted octanol–water partition coefficient (Wildman–Crippen LogP) is 2.64. The number of hydrogen-bond donors (Lipinski definition) is 0. The average molecular weight is 202 g/mol. The van der Waals surface area contributed by atoms with Gasteiger partial charge in [0.25, 0.3) is 0 Å². The summed E-state index contributed by atoms with van der Waals surface area (Å²) in [5.41, 5.74) is 1.37. The molecule has 0 aliphatic carbocycles. The fraction of sp³-hybridized carbons (Fsp3) is 0.385. The molecule has 2 heteroatoms. The zero-order valence-electron chi connectivity index (χ0n) is 9.43. The normalized spacial score (nSPS) is 20.0. The second-order valence-corrected chi connectivity index (χ2v) is 4.01. The number of nitrogens with zero attached hydrogens (tertiary/aromatic N) is 2. The Balaban J connectivity index is 2.04. The van der Waals surface area contributed by atoms with Crippen LogP contribution in [0.3, 0.4) is 0 Å². The summed E-state index contributed by atoms with van der Waals surface area (Å²) in [6.45, 7) is 3.23. The van der Waals surface area contributed by atoms with Crippen LogP contribution in [0.2, 0.25) is 0 Å². The average Bonchev–Trinajstić information content (AvgIpc) is 2.61. The summed E-state index contributed by atoms with van der Waals surface area (Å²) in [6, 6.07) is 10.6. The first-order chi connectivity index (χ1) is 7.31. The molecule has 1 aliphatic rings. The Morgan fingerprint density at radius 1 is 1.13 bits per heavy atom. The van der Waals surface area contributed by atoms with Gasteiger partial charge in [-0.1, -0.05) is 37.3 Å². The molecule has 0 saturated carbocycles. The highest BCUT2D eigenvalue weighted by atomic mass is 15.4. The van der Waals surface area contributed by atoms with Gasteiger partial charge in [0.05, 0.1) is 0 Å². The molecule has 1 aliphatic heterocycles. The molecule has 0 fully saturated rings. The van der Waals surface area contributed by atoms with Gasteiger partial charge in [-0.25, -0.2) is 0 Å². The molecular formula is C13H18N2. The third kappa shape index (κ3) is 2.14. The second-order valence-electron chi connectivity index (χ2n) is 4.01. The van der Waals surface area contributed by atoms with E-state index in [9.17, 15) is 0 Å². The Morgan fingerprint density at radius 3 is 2.53 bits per heavy atom. The molecule has 15 heavy (non-hydrogen) atoms. The molecule has 1 aromatic carbocycles. The minimum absolute atomic E-state index is 0.519. The Hall–Kier alpha value is -1.44. The predicted molar refractivity (Wildman–Crippen MR) is 63.0 cm³/mol. The molecule has 0 saturated heterocycles. The van der Waals surface area contributed by atoms with Gasteiger partial charge in [-0.3, -0.25) is 0 Å². The molecule has 0 amide bonds. The molecule has 1 heterocycles.